The predicted molar refractivity (Wildman–Crippen MR) is 92.4 cm³/mol. The van der Waals surface area contributed by atoms with Crippen molar-refractivity contribution in [2.75, 3.05) is 0 Å². The largest absolute Gasteiger partial charge is 0.0991 e. The van der Waals surface area contributed by atoms with E-state index in [1.165, 1.54) is 11.1 Å². The molecule has 0 amide bonds. The summed E-state index contributed by atoms with van der Waals surface area (Å²) in [4.78, 5) is 0. The molecule has 2 aromatic carbocycles. The molecule has 0 atom stereocenters. The Morgan fingerprint density at radius 2 is 1.33 bits per heavy atom. The molecule has 0 heterocycles. The van der Waals surface area contributed by atoms with Crippen LogP contribution in [0.4, 0.5) is 0 Å². The maximum atomic E-state index is 3.67. The van der Waals surface area contributed by atoms with Crippen LogP contribution >= 0.6 is 0 Å². The van der Waals surface area contributed by atoms with E-state index in [0.29, 0.717) is 5.92 Å². The molecule has 106 valence electrons. The lowest BCUT2D eigenvalue weighted by Crippen LogP contribution is -2.00. The van der Waals surface area contributed by atoms with Crippen molar-refractivity contribution in [1.29, 1.82) is 0 Å². The third kappa shape index (κ3) is 4.92. The molecule has 0 saturated carbocycles. The molecule has 0 spiro atoms. The predicted octanol–water partition coefficient (Wildman–Crippen LogP) is 5.90. The molecular weight excluding hydrogens is 252 g/mol. The highest BCUT2D eigenvalue weighted by atomic mass is 14.2. The summed E-state index contributed by atoms with van der Waals surface area (Å²) in [6, 6.07) is 21.5. The minimum absolute atomic E-state index is 0.459. The topological polar surface area (TPSA) is 0 Å². The van der Waals surface area contributed by atoms with Crippen LogP contribution in [0.3, 0.4) is 0 Å². The molecule has 2 rings (SSSR count). The smallest absolute Gasteiger partial charge is 0.00922 e. The van der Waals surface area contributed by atoms with Gasteiger partial charge < -0.3 is 0 Å². The molecule has 21 heavy (non-hydrogen) atoms. The van der Waals surface area contributed by atoms with Gasteiger partial charge in [-0.25, -0.2) is 0 Å². The van der Waals surface area contributed by atoms with Gasteiger partial charge in [-0.1, -0.05) is 97.6 Å². The summed E-state index contributed by atoms with van der Waals surface area (Å²) in [6.07, 6.45) is 12.3. The average Bonchev–Trinajstić information content (AvgIpc) is 2.56. The van der Waals surface area contributed by atoms with E-state index in [1.807, 2.05) is 12.2 Å². The van der Waals surface area contributed by atoms with Gasteiger partial charge in [-0.2, -0.15) is 0 Å². The van der Waals surface area contributed by atoms with Crippen molar-refractivity contribution in [1.82, 2.24) is 0 Å². The number of rotatable bonds is 7. The molecule has 0 N–H and O–H groups in total. The van der Waals surface area contributed by atoms with Crippen molar-refractivity contribution in [3.8, 4) is 0 Å². The number of hydrogen-bond donors (Lipinski definition) is 0. The Balaban J connectivity index is 2.08. The van der Waals surface area contributed by atoms with E-state index in [1.54, 1.807) is 6.08 Å². The molecule has 0 heteroatoms. The quantitative estimate of drug-likeness (QED) is 0.552. The molecule has 0 unspecified atom stereocenters. The Bertz CT molecular complexity index is 536. The third-order valence-electron chi connectivity index (χ3n) is 3.52. The number of benzene rings is 2. The van der Waals surface area contributed by atoms with Gasteiger partial charge in [0.1, 0.15) is 0 Å². The molecule has 0 aromatic heterocycles. The van der Waals surface area contributed by atoms with Crippen LogP contribution in [0.15, 0.2) is 97.6 Å². The zero-order valence-electron chi connectivity index (χ0n) is 12.4. The van der Waals surface area contributed by atoms with E-state index in [2.05, 4.69) is 79.4 Å². The minimum Gasteiger partial charge on any atom is -0.0991 e. The highest BCUT2D eigenvalue weighted by Crippen LogP contribution is 2.29. The number of hydrogen-bond acceptors (Lipinski definition) is 0. The van der Waals surface area contributed by atoms with Gasteiger partial charge in [0.05, 0.1) is 0 Å². The van der Waals surface area contributed by atoms with Crippen LogP contribution in [0.5, 0.6) is 0 Å². The molecular formula is C21H22. The fraction of sp³-hybridized carbons (Fsp3) is 0.143. The summed E-state index contributed by atoms with van der Waals surface area (Å²) < 4.78 is 0. The summed E-state index contributed by atoms with van der Waals surface area (Å²) in [5, 5.41) is 0. The van der Waals surface area contributed by atoms with E-state index >= 15 is 0 Å². The van der Waals surface area contributed by atoms with Crippen LogP contribution < -0.4 is 0 Å². The number of allylic oxidation sites excluding steroid dienone is 5. The standard InChI is InChI=1S/C21H22/c1-2-3-4-5-6-13-18-21(19-14-9-7-10-15-19)20-16-11-8-12-17-20/h2-12,14-17,21H,1,13,18H2/b4-3-,6-5-. The maximum absolute atomic E-state index is 3.67. The average molecular weight is 274 g/mol. The van der Waals surface area contributed by atoms with Gasteiger partial charge in [-0.05, 0) is 24.0 Å². The van der Waals surface area contributed by atoms with Gasteiger partial charge in [0, 0.05) is 5.92 Å². The summed E-state index contributed by atoms with van der Waals surface area (Å²) >= 11 is 0. The summed E-state index contributed by atoms with van der Waals surface area (Å²) in [5.41, 5.74) is 2.78. The lowest BCUT2D eigenvalue weighted by atomic mass is 9.87. The van der Waals surface area contributed by atoms with Crippen LogP contribution in [0, 0.1) is 0 Å². The normalized spacial score (nSPS) is 11.5. The van der Waals surface area contributed by atoms with Crippen molar-refractivity contribution >= 4 is 0 Å². The third-order valence-corrected chi connectivity index (χ3v) is 3.52. The fourth-order valence-corrected chi connectivity index (χ4v) is 2.48. The molecule has 0 nitrogen and oxygen atoms in total. The van der Waals surface area contributed by atoms with Crippen molar-refractivity contribution in [3.63, 3.8) is 0 Å². The first-order chi connectivity index (χ1) is 10.4. The highest BCUT2D eigenvalue weighted by molar-refractivity contribution is 5.32. The summed E-state index contributed by atoms with van der Waals surface area (Å²) in [5.74, 6) is 0.459. The first-order valence-corrected chi connectivity index (χ1v) is 7.46. The van der Waals surface area contributed by atoms with E-state index in [0.717, 1.165) is 12.8 Å². The zero-order chi connectivity index (χ0) is 14.8. The molecule has 2 aromatic rings. The van der Waals surface area contributed by atoms with Gasteiger partial charge >= 0.3 is 0 Å². The Labute approximate surface area is 128 Å². The molecule has 0 saturated heterocycles. The molecule has 0 radical (unpaired) electrons. The fourth-order valence-electron chi connectivity index (χ4n) is 2.48. The van der Waals surface area contributed by atoms with E-state index in [-0.39, 0.29) is 0 Å². The van der Waals surface area contributed by atoms with Crippen molar-refractivity contribution in [2.24, 2.45) is 0 Å². The first-order valence-electron chi connectivity index (χ1n) is 7.46. The SMILES string of the molecule is C=C/C=C\C=C/CCC(c1ccccc1)c1ccccc1. The lowest BCUT2D eigenvalue weighted by Gasteiger charge is -2.17. The monoisotopic (exact) mass is 274 g/mol. The molecule has 0 fully saturated rings. The van der Waals surface area contributed by atoms with E-state index in [9.17, 15) is 0 Å². The lowest BCUT2D eigenvalue weighted by molar-refractivity contribution is 0.728. The van der Waals surface area contributed by atoms with Gasteiger partial charge in [0.15, 0.2) is 0 Å². The Morgan fingerprint density at radius 1 is 0.762 bits per heavy atom. The molecule has 0 aliphatic rings. The molecule has 0 aliphatic carbocycles. The van der Waals surface area contributed by atoms with E-state index < -0.39 is 0 Å². The Morgan fingerprint density at radius 3 is 1.86 bits per heavy atom. The van der Waals surface area contributed by atoms with Crippen LogP contribution in [0.2, 0.25) is 0 Å². The highest BCUT2D eigenvalue weighted by Gasteiger charge is 2.12. The minimum atomic E-state index is 0.459. The maximum Gasteiger partial charge on any atom is 0.00922 e. The van der Waals surface area contributed by atoms with Crippen LogP contribution in [-0.2, 0) is 0 Å². The zero-order valence-corrected chi connectivity index (χ0v) is 12.4. The Kier molecular flexibility index (Phi) is 6.28. The van der Waals surface area contributed by atoms with Crippen molar-refractivity contribution in [3.05, 3.63) is 109 Å². The van der Waals surface area contributed by atoms with Gasteiger partial charge in [-0.15, -0.1) is 0 Å². The summed E-state index contributed by atoms with van der Waals surface area (Å²) in [7, 11) is 0. The Hall–Kier alpha value is -2.34. The molecule has 0 aliphatic heterocycles. The molecule has 0 bridgehead atoms. The van der Waals surface area contributed by atoms with Crippen molar-refractivity contribution < 1.29 is 0 Å². The van der Waals surface area contributed by atoms with Crippen LogP contribution in [-0.4, -0.2) is 0 Å². The van der Waals surface area contributed by atoms with Gasteiger partial charge in [0.2, 0.25) is 0 Å². The van der Waals surface area contributed by atoms with Crippen molar-refractivity contribution in [2.45, 2.75) is 18.8 Å². The first kappa shape index (κ1) is 15.1. The van der Waals surface area contributed by atoms with Crippen LogP contribution in [0.25, 0.3) is 0 Å². The van der Waals surface area contributed by atoms with Gasteiger partial charge in [-0.3, -0.25) is 0 Å². The second-order valence-electron chi connectivity index (χ2n) is 5.00. The second-order valence-corrected chi connectivity index (χ2v) is 5.00. The van der Waals surface area contributed by atoms with Crippen LogP contribution in [0.1, 0.15) is 29.9 Å². The van der Waals surface area contributed by atoms with Gasteiger partial charge in [0.25, 0.3) is 0 Å². The summed E-state index contributed by atoms with van der Waals surface area (Å²) in [6.45, 7) is 3.67. The van der Waals surface area contributed by atoms with E-state index in [4.69, 9.17) is 0 Å². The second kappa shape index (κ2) is 8.76.